The first-order chi connectivity index (χ1) is 7.27. The molecule has 1 atom stereocenters. The van der Waals surface area contributed by atoms with E-state index in [4.69, 9.17) is 0 Å². The first-order valence-electron chi connectivity index (χ1n) is 5.35. The van der Waals surface area contributed by atoms with E-state index in [1.165, 1.54) is 0 Å². The zero-order valence-electron chi connectivity index (χ0n) is 9.40. The second kappa shape index (κ2) is 6.03. The smallest absolute Gasteiger partial charge is 0.192 e. The van der Waals surface area contributed by atoms with Crippen LogP contribution in [0.3, 0.4) is 0 Å². The van der Waals surface area contributed by atoms with Crippen LogP contribution in [0.4, 0.5) is 0 Å². The van der Waals surface area contributed by atoms with Crippen molar-refractivity contribution in [2.75, 3.05) is 26.7 Å². The second-order valence-corrected chi connectivity index (χ2v) is 4.07. The van der Waals surface area contributed by atoms with Gasteiger partial charge in [-0.25, -0.2) is 0 Å². The van der Waals surface area contributed by atoms with Crippen LogP contribution in [0.2, 0.25) is 0 Å². The molecule has 1 aliphatic heterocycles. The van der Waals surface area contributed by atoms with Gasteiger partial charge in [0.1, 0.15) is 0 Å². The van der Waals surface area contributed by atoms with E-state index < -0.39 is 0 Å². The highest BCUT2D eigenvalue weighted by atomic mass is 35.5. The molecule has 1 saturated heterocycles. The number of carbonyl (C=O) groups excluding carboxylic acids is 1. The van der Waals surface area contributed by atoms with E-state index >= 15 is 0 Å². The lowest BCUT2D eigenvalue weighted by molar-refractivity contribution is 0.0920. The molecule has 2 N–H and O–H groups in total. The normalized spacial score (nSPS) is 19.8. The summed E-state index contributed by atoms with van der Waals surface area (Å²) in [4.78, 5) is 16.8. The van der Waals surface area contributed by atoms with Crippen LogP contribution in [0.25, 0.3) is 0 Å². The van der Waals surface area contributed by atoms with Crippen LogP contribution >= 0.6 is 12.4 Å². The summed E-state index contributed by atoms with van der Waals surface area (Å²) in [7, 11) is 2.01. The van der Waals surface area contributed by atoms with Gasteiger partial charge in [0, 0.05) is 18.8 Å². The Balaban J connectivity index is 0.00000128. The van der Waals surface area contributed by atoms with Crippen molar-refractivity contribution in [1.29, 1.82) is 0 Å². The molecule has 16 heavy (non-hydrogen) atoms. The van der Waals surface area contributed by atoms with Gasteiger partial charge in [-0.15, -0.1) is 12.4 Å². The number of carbonyl (C=O) groups is 1. The Labute approximate surface area is 102 Å². The van der Waals surface area contributed by atoms with E-state index in [1.807, 2.05) is 19.2 Å². The molecule has 0 saturated carbocycles. The highest BCUT2D eigenvalue weighted by Gasteiger charge is 2.21. The number of aromatic nitrogens is 1. The van der Waals surface area contributed by atoms with E-state index in [0.29, 0.717) is 18.3 Å². The van der Waals surface area contributed by atoms with E-state index in [9.17, 15) is 4.79 Å². The fourth-order valence-electron chi connectivity index (χ4n) is 1.96. The molecule has 0 amide bonds. The maximum Gasteiger partial charge on any atom is 0.192 e. The third-order valence-electron chi connectivity index (χ3n) is 2.95. The Hall–Kier alpha value is -0.840. The first-order valence-corrected chi connectivity index (χ1v) is 5.35. The maximum atomic E-state index is 11.8. The third kappa shape index (κ3) is 3.07. The van der Waals surface area contributed by atoms with Crippen molar-refractivity contribution < 1.29 is 4.79 Å². The summed E-state index contributed by atoms with van der Waals surface area (Å²) < 4.78 is 0. The minimum Gasteiger partial charge on any atom is -0.359 e. The number of nitrogens with one attached hydrogen (secondary N) is 2. The molecule has 2 rings (SSSR count). The molecule has 0 aromatic carbocycles. The van der Waals surface area contributed by atoms with E-state index in [-0.39, 0.29) is 18.2 Å². The van der Waals surface area contributed by atoms with Crippen molar-refractivity contribution in [3.8, 4) is 0 Å². The van der Waals surface area contributed by atoms with Gasteiger partial charge >= 0.3 is 0 Å². The SMILES string of the molecule is CN(CC(=O)c1ccc[nH]1)[C@H]1CCNC1.Cl. The fraction of sp³-hybridized carbons (Fsp3) is 0.545. The molecule has 0 radical (unpaired) electrons. The average Bonchev–Trinajstić information content (AvgIpc) is 2.91. The van der Waals surface area contributed by atoms with E-state index in [2.05, 4.69) is 15.2 Å². The van der Waals surface area contributed by atoms with E-state index in [1.54, 1.807) is 6.20 Å². The monoisotopic (exact) mass is 243 g/mol. The van der Waals surface area contributed by atoms with Gasteiger partial charge in [0.15, 0.2) is 5.78 Å². The van der Waals surface area contributed by atoms with Crippen LogP contribution in [-0.4, -0.2) is 48.4 Å². The standard InChI is InChI=1S/C11H17N3O.ClH/c1-14(9-4-6-12-7-9)8-11(15)10-3-2-5-13-10;/h2-3,5,9,12-13H,4,6-8H2,1H3;1H/t9-;/m0./s1. The van der Waals surface area contributed by atoms with Gasteiger partial charge in [0.2, 0.25) is 0 Å². The van der Waals surface area contributed by atoms with Gasteiger partial charge in [-0.1, -0.05) is 0 Å². The Bertz CT molecular complexity index is 320. The second-order valence-electron chi connectivity index (χ2n) is 4.07. The van der Waals surface area contributed by atoms with Crippen LogP contribution in [-0.2, 0) is 0 Å². The van der Waals surface area contributed by atoms with Crippen molar-refractivity contribution in [3.05, 3.63) is 24.0 Å². The van der Waals surface area contributed by atoms with Crippen LogP contribution in [0.15, 0.2) is 18.3 Å². The highest BCUT2D eigenvalue weighted by molar-refractivity contribution is 5.95. The predicted molar refractivity (Wildman–Crippen MR) is 66.3 cm³/mol. The summed E-state index contributed by atoms with van der Waals surface area (Å²) in [5.41, 5.74) is 0.702. The molecule has 2 heterocycles. The number of hydrogen-bond donors (Lipinski definition) is 2. The number of nitrogens with zero attached hydrogens (tertiary/aromatic N) is 1. The molecule has 1 aromatic heterocycles. The summed E-state index contributed by atoms with van der Waals surface area (Å²) in [5.74, 6) is 0.161. The van der Waals surface area contributed by atoms with Crippen LogP contribution in [0, 0.1) is 0 Å². The van der Waals surface area contributed by atoms with Crippen LogP contribution < -0.4 is 5.32 Å². The topological polar surface area (TPSA) is 48.1 Å². The number of rotatable bonds is 4. The maximum absolute atomic E-state index is 11.8. The lowest BCUT2D eigenvalue weighted by Crippen LogP contribution is -2.37. The summed E-state index contributed by atoms with van der Waals surface area (Å²) in [6.45, 7) is 2.55. The van der Waals surface area contributed by atoms with Gasteiger partial charge in [-0.2, -0.15) is 0 Å². The average molecular weight is 244 g/mol. The number of ketones is 1. The summed E-state index contributed by atoms with van der Waals surface area (Å²) in [6.07, 6.45) is 2.92. The number of H-pyrrole nitrogens is 1. The largest absolute Gasteiger partial charge is 0.359 e. The lowest BCUT2D eigenvalue weighted by Gasteiger charge is -2.22. The molecule has 0 bridgehead atoms. The van der Waals surface area contributed by atoms with Gasteiger partial charge in [-0.05, 0) is 32.1 Å². The molecule has 0 aliphatic carbocycles. The number of hydrogen-bond acceptors (Lipinski definition) is 3. The van der Waals surface area contributed by atoms with Crippen molar-refractivity contribution in [1.82, 2.24) is 15.2 Å². The third-order valence-corrected chi connectivity index (χ3v) is 2.95. The zero-order chi connectivity index (χ0) is 10.7. The minimum absolute atomic E-state index is 0. The Morgan fingerprint density at radius 3 is 3.00 bits per heavy atom. The van der Waals surface area contributed by atoms with E-state index in [0.717, 1.165) is 19.5 Å². The highest BCUT2D eigenvalue weighted by Crippen LogP contribution is 2.07. The van der Waals surface area contributed by atoms with Gasteiger partial charge in [0.05, 0.1) is 12.2 Å². The molecule has 0 spiro atoms. The van der Waals surface area contributed by atoms with Crippen molar-refractivity contribution in [2.24, 2.45) is 0 Å². The minimum atomic E-state index is 0. The molecule has 90 valence electrons. The first kappa shape index (κ1) is 13.2. The van der Waals surface area contributed by atoms with Crippen molar-refractivity contribution in [3.63, 3.8) is 0 Å². The molecule has 1 aromatic rings. The van der Waals surface area contributed by atoms with Gasteiger partial charge in [-0.3, -0.25) is 9.69 Å². The van der Waals surface area contributed by atoms with Crippen molar-refractivity contribution >= 4 is 18.2 Å². The van der Waals surface area contributed by atoms with Crippen molar-refractivity contribution in [2.45, 2.75) is 12.5 Å². The summed E-state index contributed by atoms with van der Waals surface area (Å²) in [6, 6.07) is 4.18. The Morgan fingerprint density at radius 2 is 2.44 bits per heavy atom. The number of Topliss-reactive ketones (excluding diaryl/α,β-unsaturated/α-hetero) is 1. The molecule has 4 nitrogen and oxygen atoms in total. The summed E-state index contributed by atoms with van der Waals surface area (Å²) >= 11 is 0. The number of aromatic amines is 1. The number of halogens is 1. The molecule has 1 fully saturated rings. The Kier molecular flexibility index (Phi) is 4.99. The zero-order valence-corrected chi connectivity index (χ0v) is 10.2. The Morgan fingerprint density at radius 1 is 1.62 bits per heavy atom. The predicted octanol–water partition coefficient (Wildman–Crippen LogP) is 0.913. The molecular formula is C11H18ClN3O. The fourth-order valence-corrected chi connectivity index (χ4v) is 1.96. The number of likely N-dealkylation sites (N-methyl/N-ethyl adjacent to an activating group) is 1. The molecule has 1 aliphatic rings. The quantitative estimate of drug-likeness (QED) is 0.773. The lowest BCUT2D eigenvalue weighted by atomic mass is 10.2. The van der Waals surface area contributed by atoms with Crippen LogP contribution in [0.5, 0.6) is 0 Å². The van der Waals surface area contributed by atoms with Gasteiger partial charge in [0.25, 0.3) is 0 Å². The summed E-state index contributed by atoms with van der Waals surface area (Å²) in [5, 5.41) is 3.30. The van der Waals surface area contributed by atoms with Gasteiger partial charge < -0.3 is 10.3 Å². The molecule has 5 heteroatoms. The van der Waals surface area contributed by atoms with Crippen LogP contribution in [0.1, 0.15) is 16.9 Å². The molecular weight excluding hydrogens is 226 g/mol. The molecule has 0 unspecified atom stereocenters.